The van der Waals surface area contributed by atoms with Crippen LogP contribution in [0.5, 0.6) is 0 Å². The van der Waals surface area contributed by atoms with E-state index in [4.69, 9.17) is 10.2 Å². The van der Waals surface area contributed by atoms with E-state index in [0.717, 1.165) is 12.1 Å². The standard InChI is InChI=1S/C11H15NO2/c13-7-11(14)6-12-10-4-3-8-1-2-9(8)5-10/h3-5,11-14H,1-2,6-7H2. The molecule has 1 aliphatic rings. The predicted molar refractivity (Wildman–Crippen MR) is 55.4 cm³/mol. The minimum absolute atomic E-state index is 0.196. The Morgan fingerprint density at radius 1 is 1.29 bits per heavy atom. The number of aliphatic hydroxyl groups excluding tert-OH is 2. The average Bonchev–Trinajstić information content (AvgIpc) is 2.17. The van der Waals surface area contributed by atoms with Crippen LogP contribution in [-0.4, -0.2) is 29.5 Å². The van der Waals surface area contributed by atoms with Gasteiger partial charge in [0.25, 0.3) is 0 Å². The van der Waals surface area contributed by atoms with Gasteiger partial charge < -0.3 is 15.5 Å². The summed E-state index contributed by atoms with van der Waals surface area (Å²) < 4.78 is 0. The van der Waals surface area contributed by atoms with Gasteiger partial charge in [0, 0.05) is 12.2 Å². The Morgan fingerprint density at radius 3 is 2.64 bits per heavy atom. The van der Waals surface area contributed by atoms with Crippen LogP contribution in [0.2, 0.25) is 0 Å². The second kappa shape index (κ2) is 3.98. The molecule has 0 saturated carbocycles. The third-order valence-electron chi connectivity index (χ3n) is 2.62. The quantitative estimate of drug-likeness (QED) is 0.654. The number of anilines is 1. The summed E-state index contributed by atoms with van der Waals surface area (Å²) in [6.45, 7) is 0.202. The normalized spacial score (nSPS) is 15.6. The van der Waals surface area contributed by atoms with E-state index < -0.39 is 6.10 Å². The molecule has 1 aromatic rings. The van der Waals surface area contributed by atoms with Crippen LogP contribution in [0.15, 0.2) is 18.2 Å². The molecule has 0 aliphatic heterocycles. The summed E-state index contributed by atoms with van der Waals surface area (Å²) in [7, 11) is 0. The third kappa shape index (κ3) is 1.89. The van der Waals surface area contributed by atoms with Gasteiger partial charge in [-0.1, -0.05) is 6.07 Å². The molecule has 1 aliphatic carbocycles. The van der Waals surface area contributed by atoms with Gasteiger partial charge in [-0.3, -0.25) is 0 Å². The van der Waals surface area contributed by atoms with Crippen LogP contribution in [0.3, 0.4) is 0 Å². The minimum atomic E-state index is -0.680. The van der Waals surface area contributed by atoms with Crippen LogP contribution >= 0.6 is 0 Å². The van der Waals surface area contributed by atoms with Gasteiger partial charge in [-0.2, -0.15) is 0 Å². The number of fused-ring (bicyclic) bond motifs is 1. The number of nitrogens with one attached hydrogen (secondary N) is 1. The summed E-state index contributed by atoms with van der Waals surface area (Å²) in [4.78, 5) is 0. The SMILES string of the molecule is OCC(O)CNc1ccc2c(c1)CC2. The molecule has 0 radical (unpaired) electrons. The Balaban J connectivity index is 1.93. The number of benzene rings is 1. The van der Waals surface area contributed by atoms with Crippen molar-refractivity contribution in [1.29, 1.82) is 0 Å². The molecule has 0 amide bonds. The Morgan fingerprint density at radius 2 is 2.07 bits per heavy atom. The van der Waals surface area contributed by atoms with E-state index in [2.05, 4.69) is 17.4 Å². The second-order valence-corrected chi connectivity index (χ2v) is 3.70. The highest BCUT2D eigenvalue weighted by Gasteiger charge is 2.12. The van der Waals surface area contributed by atoms with Gasteiger partial charge in [-0.15, -0.1) is 0 Å². The highest BCUT2D eigenvalue weighted by atomic mass is 16.3. The summed E-state index contributed by atoms with van der Waals surface area (Å²) in [5.74, 6) is 0. The van der Waals surface area contributed by atoms with Gasteiger partial charge in [-0.25, -0.2) is 0 Å². The molecule has 3 heteroatoms. The highest BCUT2D eigenvalue weighted by Crippen LogP contribution is 2.25. The Labute approximate surface area is 83.4 Å². The zero-order valence-electron chi connectivity index (χ0n) is 8.03. The third-order valence-corrected chi connectivity index (χ3v) is 2.62. The van der Waals surface area contributed by atoms with E-state index in [1.165, 1.54) is 17.5 Å². The van der Waals surface area contributed by atoms with Crippen LogP contribution in [0.25, 0.3) is 0 Å². The van der Waals surface area contributed by atoms with E-state index in [1.807, 2.05) is 6.07 Å². The fourth-order valence-electron chi connectivity index (χ4n) is 1.61. The van der Waals surface area contributed by atoms with Crippen molar-refractivity contribution in [2.75, 3.05) is 18.5 Å². The van der Waals surface area contributed by atoms with Gasteiger partial charge >= 0.3 is 0 Å². The second-order valence-electron chi connectivity index (χ2n) is 3.70. The fraction of sp³-hybridized carbons (Fsp3) is 0.455. The lowest BCUT2D eigenvalue weighted by molar-refractivity contribution is 0.105. The van der Waals surface area contributed by atoms with Crippen molar-refractivity contribution in [1.82, 2.24) is 0 Å². The maximum absolute atomic E-state index is 9.14. The van der Waals surface area contributed by atoms with Gasteiger partial charge in [0.2, 0.25) is 0 Å². The van der Waals surface area contributed by atoms with Gasteiger partial charge in [0.1, 0.15) is 0 Å². The van der Waals surface area contributed by atoms with E-state index >= 15 is 0 Å². The van der Waals surface area contributed by atoms with Gasteiger partial charge in [0.05, 0.1) is 12.7 Å². The first-order valence-corrected chi connectivity index (χ1v) is 4.94. The lowest BCUT2D eigenvalue weighted by atomic mass is 9.88. The molecule has 14 heavy (non-hydrogen) atoms. The smallest absolute Gasteiger partial charge is 0.0942 e. The molecule has 0 spiro atoms. The number of hydrogen-bond donors (Lipinski definition) is 3. The van der Waals surface area contributed by atoms with Gasteiger partial charge in [0.15, 0.2) is 0 Å². The number of hydrogen-bond acceptors (Lipinski definition) is 3. The summed E-state index contributed by atoms with van der Waals surface area (Å²) in [6.07, 6.45) is 1.67. The predicted octanol–water partition coefficient (Wildman–Crippen LogP) is 0.550. The van der Waals surface area contributed by atoms with Crippen molar-refractivity contribution >= 4 is 5.69 Å². The lowest BCUT2D eigenvalue weighted by Gasteiger charge is -2.20. The van der Waals surface area contributed by atoms with Crippen molar-refractivity contribution in [2.45, 2.75) is 18.9 Å². The zero-order valence-corrected chi connectivity index (χ0v) is 8.03. The maximum atomic E-state index is 9.14. The first kappa shape index (κ1) is 9.49. The number of aliphatic hydroxyl groups is 2. The van der Waals surface area contributed by atoms with E-state index in [-0.39, 0.29) is 6.61 Å². The highest BCUT2D eigenvalue weighted by molar-refractivity contribution is 5.51. The van der Waals surface area contributed by atoms with Crippen molar-refractivity contribution in [2.24, 2.45) is 0 Å². The molecule has 3 nitrogen and oxygen atoms in total. The van der Waals surface area contributed by atoms with Crippen LogP contribution in [-0.2, 0) is 12.8 Å². The fourth-order valence-corrected chi connectivity index (χ4v) is 1.61. The molecule has 3 N–H and O–H groups in total. The molecule has 0 heterocycles. The van der Waals surface area contributed by atoms with Gasteiger partial charge in [-0.05, 0) is 36.1 Å². The lowest BCUT2D eigenvalue weighted by Crippen LogP contribution is -2.23. The molecule has 0 bridgehead atoms. The molecule has 0 aromatic heterocycles. The first-order chi connectivity index (χ1) is 6.79. The minimum Gasteiger partial charge on any atom is -0.394 e. The summed E-state index contributed by atoms with van der Waals surface area (Å²) in [6, 6.07) is 6.25. The monoisotopic (exact) mass is 193 g/mol. The average molecular weight is 193 g/mol. The van der Waals surface area contributed by atoms with Crippen molar-refractivity contribution in [3.05, 3.63) is 29.3 Å². The molecule has 0 saturated heterocycles. The first-order valence-electron chi connectivity index (χ1n) is 4.94. The van der Waals surface area contributed by atoms with Crippen molar-refractivity contribution in [3.63, 3.8) is 0 Å². The molecule has 1 atom stereocenters. The van der Waals surface area contributed by atoms with Crippen LogP contribution in [0.1, 0.15) is 11.1 Å². The number of rotatable bonds is 4. The maximum Gasteiger partial charge on any atom is 0.0942 e. The summed E-state index contributed by atoms with van der Waals surface area (Å²) in [5.41, 5.74) is 3.85. The van der Waals surface area contributed by atoms with Crippen LogP contribution in [0.4, 0.5) is 5.69 Å². The van der Waals surface area contributed by atoms with E-state index in [1.54, 1.807) is 0 Å². The Bertz CT molecular complexity index is 325. The Hall–Kier alpha value is -1.06. The topological polar surface area (TPSA) is 52.5 Å². The molecule has 2 rings (SSSR count). The molecular formula is C11H15NO2. The molecule has 0 fully saturated rings. The Kier molecular flexibility index (Phi) is 2.70. The summed E-state index contributed by atoms with van der Waals surface area (Å²) in [5, 5.41) is 20.9. The van der Waals surface area contributed by atoms with Crippen LogP contribution < -0.4 is 5.32 Å². The van der Waals surface area contributed by atoms with E-state index in [9.17, 15) is 0 Å². The molecule has 76 valence electrons. The molecular weight excluding hydrogens is 178 g/mol. The largest absolute Gasteiger partial charge is 0.394 e. The van der Waals surface area contributed by atoms with Crippen molar-refractivity contribution < 1.29 is 10.2 Å². The number of aryl methyl sites for hydroxylation is 2. The summed E-state index contributed by atoms with van der Waals surface area (Å²) >= 11 is 0. The molecule has 1 unspecified atom stereocenters. The zero-order chi connectivity index (χ0) is 9.97. The van der Waals surface area contributed by atoms with E-state index in [0.29, 0.717) is 6.54 Å². The van der Waals surface area contributed by atoms with Crippen LogP contribution in [0, 0.1) is 0 Å². The van der Waals surface area contributed by atoms with Crippen molar-refractivity contribution in [3.8, 4) is 0 Å². The molecule has 1 aromatic carbocycles.